The van der Waals surface area contributed by atoms with Crippen LogP contribution in [-0.4, -0.2) is 111 Å². The molecule has 3 aliphatic heterocycles. The van der Waals surface area contributed by atoms with Crippen LogP contribution in [0.4, 0.5) is 0 Å². The average Bonchev–Trinajstić information content (AvgIpc) is 3.70. The number of amides is 1. The van der Waals surface area contributed by atoms with Crippen LogP contribution in [0.5, 0.6) is 0 Å². The molecule has 10 atom stereocenters. The van der Waals surface area contributed by atoms with Gasteiger partial charge < -0.3 is 52.7 Å². The van der Waals surface area contributed by atoms with Gasteiger partial charge in [-0.15, -0.1) is 0 Å². The molecule has 3 fully saturated rings. The first-order valence-corrected chi connectivity index (χ1v) is 22.9. The Morgan fingerprint density at radius 1 is 0.563 bits per heavy atom. The summed E-state index contributed by atoms with van der Waals surface area (Å²) in [6, 6.07) is 48.5. The highest BCUT2D eigenvalue weighted by molar-refractivity contribution is 5.94. The van der Waals surface area contributed by atoms with Gasteiger partial charge in [-0.1, -0.05) is 121 Å². The fourth-order valence-electron chi connectivity index (χ4n) is 8.57. The molecule has 3 aliphatic rings. The van der Waals surface area contributed by atoms with Crippen LogP contribution >= 0.6 is 0 Å². The molecule has 71 heavy (non-hydrogen) atoms. The molecule has 3 heterocycles. The van der Waals surface area contributed by atoms with Gasteiger partial charge in [0.15, 0.2) is 24.8 Å². The van der Waals surface area contributed by atoms with Crippen molar-refractivity contribution in [1.29, 1.82) is 0 Å². The summed E-state index contributed by atoms with van der Waals surface area (Å²) in [5.41, 5.74) is 1.49. The van der Waals surface area contributed by atoms with Crippen molar-refractivity contribution in [3.05, 3.63) is 215 Å². The highest BCUT2D eigenvalue weighted by Gasteiger charge is 2.65. The van der Waals surface area contributed by atoms with Crippen molar-refractivity contribution < 1.29 is 71.3 Å². The second kappa shape index (κ2) is 22.5. The SMILES string of the molecule is CO[C@H]1O[C@@H]2CO[C@@H](c3ccccc3)O[C@H]2[C@H](O[C@@]2(COC(=O)c3ccccc3)O[C@H](COC(=O)c3ccccc3)[C@@H](OC(=O)c3ccccc3)[C@@H]2OC(=O)c2ccccc2)[C@H]1NC(=O)c1ccccc1. The van der Waals surface area contributed by atoms with Gasteiger partial charge in [0, 0.05) is 18.2 Å². The van der Waals surface area contributed by atoms with E-state index in [9.17, 15) is 24.0 Å². The van der Waals surface area contributed by atoms with Crippen LogP contribution < -0.4 is 5.32 Å². The quantitative estimate of drug-likeness (QED) is 0.0777. The Bertz CT molecular complexity index is 2740. The van der Waals surface area contributed by atoms with Gasteiger partial charge >= 0.3 is 23.9 Å². The predicted octanol–water partition coefficient (Wildman–Crippen LogP) is 6.92. The van der Waals surface area contributed by atoms with Crippen molar-refractivity contribution in [1.82, 2.24) is 5.32 Å². The number of nitrogens with one attached hydrogen (secondary N) is 1. The van der Waals surface area contributed by atoms with Gasteiger partial charge in [0.25, 0.3) is 5.91 Å². The number of hydrogen-bond acceptors (Lipinski definition) is 15. The van der Waals surface area contributed by atoms with Crippen LogP contribution in [0.15, 0.2) is 182 Å². The smallest absolute Gasteiger partial charge is 0.338 e. The first-order chi connectivity index (χ1) is 34.7. The molecular formula is C55H49NO15. The maximum Gasteiger partial charge on any atom is 0.338 e. The second-order valence-corrected chi connectivity index (χ2v) is 16.7. The molecule has 16 heteroatoms. The van der Waals surface area contributed by atoms with E-state index in [0.717, 1.165) is 0 Å². The fraction of sp³-hybridized carbons (Fsp3) is 0.255. The minimum Gasteiger partial charge on any atom is -0.459 e. The molecule has 9 rings (SSSR count). The number of methoxy groups -OCH3 is 1. The first-order valence-electron chi connectivity index (χ1n) is 22.9. The lowest BCUT2D eigenvalue weighted by molar-refractivity contribution is -0.379. The zero-order valence-corrected chi connectivity index (χ0v) is 38.3. The topological polar surface area (TPSA) is 190 Å². The number of carbonyl (C=O) groups excluding carboxylic acids is 5. The average molecular weight is 964 g/mol. The summed E-state index contributed by atoms with van der Waals surface area (Å²) in [4.78, 5) is 70.6. The molecule has 1 N–H and O–H groups in total. The van der Waals surface area contributed by atoms with Crippen LogP contribution in [0, 0.1) is 0 Å². The Kier molecular flexibility index (Phi) is 15.3. The molecule has 0 bridgehead atoms. The van der Waals surface area contributed by atoms with Crippen molar-refractivity contribution in [2.45, 2.75) is 61.0 Å². The lowest BCUT2D eigenvalue weighted by atomic mass is 9.94. The Balaban J connectivity index is 1.19. The molecule has 0 aliphatic carbocycles. The Hall–Kier alpha value is -7.57. The summed E-state index contributed by atoms with van der Waals surface area (Å²) < 4.78 is 64.1. The number of hydrogen-bond donors (Lipinski definition) is 1. The monoisotopic (exact) mass is 963 g/mol. The van der Waals surface area contributed by atoms with E-state index in [1.165, 1.54) is 43.5 Å². The largest absolute Gasteiger partial charge is 0.459 e. The third-order valence-corrected chi connectivity index (χ3v) is 12.1. The molecule has 0 unspecified atom stereocenters. The van der Waals surface area contributed by atoms with E-state index in [2.05, 4.69) is 5.32 Å². The molecule has 6 aromatic rings. The summed E-state index contributed by atoms with van der Waals surface area (Å²) in [6.45, 7) is -1.50. The van der Waals surface area contributed by atoms with Crippen LogP contribution in [0.3, 0.4) is 0 Å². The van der Waals surface area contributed by atoms with Crippen molar-refractivity contribution in [3.63, 3.8) is 0 Å². The normalized spacial score (nSPS) is 25.7. The van der Waals surface area contributed by atoms with Crippen molar-refractivity contribution in [3.8, 4) is 0 Å². The lowest BCUT2D eigenvalue weighted by Gasteiger charge is -2.51. The highest BCUT2D eigenvalue weighted by atomic mass is 16.8. The molecule has 364 valence electrons. The number of carbonyl (C=O) groups is 5. The first kappa shape index (κ1) is 48.5. The van der Waals surface area contributed by atoms with E-state index < -0.39 is 104 Å². The third kappa shape index (κ3) is 11.2. The summed E-state index contributed by atoms with van der Waals surface area (Å²) in [7, 11) is 1.38. The number of rotatable bonds is 16. The highest BCUT2D eigenvalue weighted by Crippen LogP contribution is 2.44. The Labute approximate surface area is 408 Å². The Morgan fingerprint density at radius 2 is 1.04 bits per heavy atom. The van der Waals surface area contributed by atoms with E-state index in [-0.39, 0.29) is 34.4 Å². The fourth-order valence-corrected chi connectivity index (χ4v) is 8.57. The van der Waals surface area contributed by atoms with E-state index in [0.29, 0.717) is 5.56 Å². The molecule has 0 spiro atoms. The Morgan fingerprint density at radius 3 is 1.58 bits per heavy atom. The van der Waals surface area contributed by atoms with E-state index in [1.807, 2.05) is 30.3 Å². The number of esters is 4. The zero-order chi connectivity index (χ0) is 49.2. The van der Waals surface area contributed by atoms with E-state index in [4.69, 9.17) is 47.4 Å². The molecule has 0 saturated carbocycles. The molecule has 3 saturated heterocycles. The second-order valence-electron chi connectivity index (χ2n) is 16.7. The van der Waals surface area contributed by atoms with E-state index >= 15 is 0 Å². The molecule has 6 aromatic carbocycles. The van der Waals surface area contributed by atoms with Crippen LogP contribution in [-0.2, 0) is 47.4 Å². The maximum absolute atomic E-state index is 14.5. The molecule has 1 amide bonds. The minimum atomic E-state index is -2.48. The number of benzene rings is 6. The zero-order valence-electron chi connectivity index (χ0n) is 38.3. The summed E-state index contributed by atoms with van der Waals surface area (Å²) in [6.07, 6.45) is -10.7. The van der Waals surface area contributed by atoms with Crippen molar-refractivity contribution >= 4 is 29.8 Å². The van der Waals surface area contributed by atoms with Gasteiger partial charge in [-0.25, -0.2) is 19.2 Å². The maximum atomic E-state index is 14.5. The standard InChI is InChI=1S/C55H49NO15/c1-62-54-43(56-48(57)35-20-8-2-9-21-35)46(44-41(66-54)32-64-53(68-44)40-30-18-7-19-31-40)71-55(34-65-50(59)37-24-12-4-13-25-37)47(69-52(61)39-28-16-6-17-29-39)45(67-51(60)38-26-14-5-15-27-38)42(70-55)33-63-49(58)36-22-10-3-11-23-36/h2-31,41-47,53-54H,32-34H2,1H3,(H,56,57)/t41-,42-,43-,44-,45-,46-,47+,53-,54+,55-/m1/s1. The molecule has 16 nitrogen and oxygen atoms in total. The van der Waals surface area contributed by atoms with Crippen LogP contribution in [0.25, 0.3) is 0 Å². The third-order valence-electron chi connectivity index (χ3n) is 12.1. The predicted molar refractivity (Wildman–Crippen MR) is 251 cm³/mol. The molecule has 0 aromatic heterocycles. The van der Waals surface area contributed by atoms with Crippen LogP contribution in [0.1, 0.15) is 63.6 Å². The van der Waals surface area contributed by atoms with Gasteiger partial charge in [0.05, 0.1) is 28.9 Å². The summed E-state index contributed by atoms with van der Waals surface area (Å²) in [5, 5.41) is 3.01. The van der Waals surface area contributed by atoms with Crippen molar-refractivity contribution in [2.75, 3.05) is 26.9 Å². The van der Waals surface area contributed by atoms with Gasteiger partial charge in [-0.3, -0.25) is 4.79 Å². The van der Waals surface area contributed by atoms with Crippen molar-refractivity contribution in [2.24, 2.45) is 0 Å². The summed E-state index contributed by atoms with van der Waals surface area (Å²) >= 11 is 0. The number of fused-ring (bicyclic) bond motifs is 1. The summed E-state index contributed by atoms with van der Waals surface area (Å²) in [5.74, 6) is -6.40. The minimum absolute atomic E-state index is 0.0536. The lowest BCUT2D eigenvalue weighted by Crippen LogP contribution is -2.70. The van der Waals surface area contributed by atoms with Gasteiger partial charge in [-0.05, 0) is 60.7 Å². The molecular weight excluding hydrogens is 915 g/mol. The molecule has 0 radical (unpaired) electrons. The van der Waals surface area contributed by atoms with Crippen LogP contribution in [0.2, 0.25) is 0 Å². The van der Waals surface area contributed by atoms with Gasteiger partial charge in [0.1, 0.15) is 43.7 Å². The van der Waals surface area contributed by atoms with E-state index in [1.54, 1.807) is 115 Å². The number of ether oxygens (including phenoxy) is 10. The van der Waals surface area contributed by atoms with Gasteiger partial charge in [0.2, 0.25) is 5.79 Å². The van der Waals surface area contributed by atoms with Gasteiger partial charge in [-0.2, -0.15) is 0 Å².